The average molecular weight is 282 g/mol. The van der Waals surface area contributed by atoms with Crippen LogP contribution in [-0.4, -0.2) is 24.7 Å². The van der Waals surface area contributed by atoms with Crippen LogP contribution in [0.25, 0.3) is 11.3 Å². The number of aromatic nitrogens is 1. The number of nitrogens with zero attached hydrogens (tertiary/aromatic N) is 1. The van der Waals surface area contributed by atoms with Gasteiger partial charge in [-0.05, 0) is 26.8 Å². The van der Waals surface area contributed by atoms with Crippen molar-refractivity contribution in [1.82, 2.24) is 4.98 Å². The Kier molecular flexibility index (Phi) is 4.37. The third-order valence-corrected chi connectivity index (χ3v) is 4.35. The van der Waals surface area contributed by atoms with Crippen LogP contribution in [0.4, 0.5) is 5.13 Å². The number of hydrogen-bond donors (Lipinski definition) is 1. The number of nitrogens with one attached hydrogen (secondary N) is 1. The van der Waals surface area contributed by atoms with Gasteiger partial charge in [-0.25, -0.2) is 4.98 Å². The number of ether oxygens (including phenoxy) is 1. The van der Waals surface area contributed by atoms with E-state index in [9.17, 15) is 0 Å². The molecule has 0 fully saturated rings. The van der Waals surface area contributed by atoms with E-state index in [2.05, 4.69) is 42.5 Å². The van der Waals surface area contributed by atoms with E-state index in [4.69, 9.17) is 4.74 Å². The Morgan fingerprint density at radius 2 is 2.22 bits per heavy atom. The Morgan fingerprint density at radius 3 is 2.83 bits per heavy atom. The van der Waals surface area contributed by atoms with Gasteiger partial charge in [0.1, 0.15) is 0 Å². The van der Waals surface area contributed by atoms with Gasteiger partial charge in [0.05, 0.1) is 12.3 Å². The summed E-state index contributed by atoms with van der Waals surface area (Å²) in [5, 5.41) is 6.41. The van der Waals surface area contributed by atoms with E-state index < -0.39 is 0 Å². The van der Waals surface area contributed by atoms with E-state index in [1.165, 1.54) is 15.3 Å². The largest absolute Gasteiger partial charge is 0.383 e. The van der Waals surface area contributed by atoms with E-state index in [1.54, 1.807) is 18.4 Å². The van der Waals surface area contributed by atoms with Crippen LogP contribution in [0, 0.1) is 13.8 Å². The van der Waals surface area contributed by atoms with Crippen LogP contribution in [0.5, 0.6) is 0 Å². The lowest BCUT2D eigenvalue weighted by atomic mass is 10.2. The Labute approximate surface area is 116 Å². The first kappa shape index (κ1) is 13.5. The second-order valence-electron chi connectivity index (χ2n) is 4.37. The van der Waals surface area contributed by atoms with E-state index >= 15 is 0 Å². The number of hydrogen-bond acceptors (Lipinski definition) is 5. The van der Waals surface area contributed by atoms with Crippen molar-refractivity contribution < 1.29 is 4.74 Å². The minimum absolute atomic E-state index is 0.277. The molecule has 2 rings (SSSR count). The monoisotopic (exact) mass is 282 g/mol. The molecule has 0 aliphatic rings. The fraction of sp³-hybridized carbons (Fsp3) is 0.462. The van der Waals surface area contributed by atoms with Gasteiger partial charge in [0.25, 0.3) is 0 Å². The first-order valence-corrected chi connectivity index (χ1v) is 7.58. The molecular weight excluding hydrogens is 264 g/mol. The molecule has 0 amide bonds. The standard InChI is InChI=1S/C13H18N2OS2/c1-8(6-16-4)14-13-15-12(7-17-13)11-5-9(2)18-10(11)3/h5,7-8H,6H2,1-4H3,(H,14,15)/t8-/m0/s1. The summed E-state index contributed by atoms with van der Waals surface area (Å²) in [6, 6.07) is 2.48. The maximum Gasteiger partial charge on any atom is 0.183 e. The van der Waals surface area contributed by atoms with Crippen LogP contribution in [-0.2, 0) is 4.74 Å². The van der Waals surface area contributed by atoms with Crippen LogP contribution in [0.3, 0.4) is 0 Å². The van der Waals surface area contributed by atoms with Crippen molar-refractivity contribution in [1.29, 1.82) is 0 Å². The van der Waals surface area contributed by atoms with E-state index in [0.717, 1.165) is 10.8 Å². The number of aryl methyl sites for hydroxylation is 2. The SMILES string of the molecule is COC[C@H](C)Nc1nc(-c2cc(C)sc2C)cs1. The van der Waals surface area contributed by atoms with Gasteiger partial charge in [0.2, 0.25) is 0 Å². The highest BCUT2D eigenvalue weighted by Crippen LogP contribution is 2.32. The summed E-state index contributed by atoms with van der Waals surface area (Å²) >= 11 is 3.46. The number of thiophene rings is 1. The van der Waals surface area contributed by atoms with Gasteiger partial charge in [-0.2, -0.15) is 0 Å². The van der Waals surface area contributed by atoms with Gasteiger partial charge >= 0.3 is 0 Å². The highest BCUT2D eigenvalue weighted by Gasteiger charge is 2.11. The molecule has 0 aliphatic heterocycles. The Bertz CT molecular complexity index is 519. The zero-order valence-electron chi connectivity index (χ0n) is 11.1. The van der Waals surface area contributed by atoms with Crippen LogP contribution >= 0.6 is 22.7 Å². The first-order chi connectivity index (χ1) is 8.60. The highest BCUT2D eigenvalue weighted by atomic mass is 32.1. The summed E-state index contributed by atoms with van der Waals surface area (Å²) in [4.78, 5) is 7.29. The zero-order valence-corrected chi connectivity index (χ0v) is 12.7. The van der Waals surface area contributed by atoms with Crippen LogP contribution in [0.1, 0.15) is 16.7 Å². The van der Waals surface area contributed by atoms with Gasteiger partial charge in [-0.15, -0.1) is 22.7 Å². The molecule has 0 spiro atoms. The second kappa shape index (κ2) is 5.82. The minimum atomic E-state index is 0.277. The van der Waals surface area contributed by atoms with Crippen molar-refractivity contribution in [2.75, 3.05) is 19.0 Å². The van der Waals surface area contributed by atoms with E-state index in [0.29, 0.717) is 6.61 Å². The molecule has 0 radical (unpaired) electrons. The van der Waals surface area contributed by atoms with Crippen molar-refractivity contribution in [2.24, 2.45) is 0 Å². The van der Waals surface area contributed by atoms with Crippen LogP contribution < -0.4 is 5.32 Å². The van der Waals surface area contributed by atoms with Gasteiger partial charge in [-0.1, -0.05) is 0 Å². The van der Waals surface area contributed by atoms with Crippen molar-refractivity contribution in [3.63, 3.8) is 0 Å². The van der Waals surface area contributed by atoms with Crippen molar-refractivity contribution in [3.8, 4) is 11.3 Å². The molecule has 2 aromatic heterocycles. The quantitative estimate of drug-likeness (QED) is 0.902. The number of thiazole rings is 1. The predicted molar refractivity (Wildman–Crippen MR) is 79.9 cm³/mol. The molecule has 0 unspecified atom stereocenters. The smallest absolute Gasteiger partial charge is 0.183 e. The third kappa shape index (κ3) is 3.10. The summed E-state index contributed by atoms with van der Waals surface area (Å²) in [6.45, 7) is 7.05. The lowest BCUT2D eigenvalue weighted by molar-refractivity contribution is 0.190. The molecule has 0 bridgehead atoms. The normalized spacial score (nSPS) is 12.7. The maximum atomic E-state index is 5.11. The molecule has 2 aromatic rings. The number of rotatable bonds is 5. The molecule has 0 aromatic carbocycles. The van der Waals surface area contributed by atoms with Gasteiger partial charge in [0, 0.05) is 33.8 Å². The topological polar surface area (TPSA) is 34.1 Å². The molecular formula is C13H18N2OS2. The zero-order chi connectivity index (χ0) is 13.1. The lowest BCUT2D eigenvalue weighted by Gasteiger charge is -2.10. The summed E-state index contributed by atoms with van der Waals surface area (Å²) < 4.78 is 5.11. The molecule has 18 heavy (non-hydrogen) atoms. The summed E-state index contributed by atoms with van der Waals surface area (Å²) in [5.41, 5.74) is 2.31. The van der Waals surface area contributed by atoms with Crippen molar-refractivity contribution in [2.45, 2.75) is 26.8 Å². The average Bonchev–Trinajstić information content (AvgIpc) is 2.85. The third-order valence-electron chi connectivity index (χ3n) is 2.61. The molecule has 0 saturated heterocycles. The lowest BCUT2D eigenvalue weighted by Crippen LogP contribution is -2.20. The van der Waals surface area contributed by atoms with Gasteiger partial charge < -0.3 is 10.1 Å². The minimum Gasteiger partial charge on any atom is -0.383 e. The molecule has 1 N–H and O–H groups in total. The Balaban J connectivity index is 2.13. The van der Waals surface area contributed by atoms with Gasteiger partial charge in [-0.3, -0.25) is 0 Å². The van der Waals surface area contributed by atoms with Crippen LogP contribution in [0.2, 0.25) is 0 Å². The highest BCUT2D eigenvalue weighted by molar-refractivity contribution is 7.14. The van der Waals surface area contributed by atoms with Gasteiger partial charge in [0.15, 0.2) is 5.13 Å². The Morgan fingerprint density at radius 1 is 1.44 bits per heavy atom. The van der Waals surface area contributed by atoms with Crippen molar-refractivity contribution >= 4 is 27.8 Å². The number of anilines is 1. The Hall–Kier alpha value is -0.910. The predicted octanol–water partition coefficient (Wildman–Crippen LogP) is 3.94. The number of methoxy groups -OCH3 is 1. The molecule has 0 saturated carbocycles. The van der Waals surface area contributed by atoms with E-state index in [-0.39, 0.29) is 6.04 Å². The molecule has 5 heteroatoms. The molecule has 0 aliphatic carbocycles. The summed E-state index contributed by atoms with van der Waals surface area (Å²) in [5.74, 6) is 0. The first-order valence-electron chi connectivity index (χ1n) is 5.88. The second-order valence-corrected chi connectivity index (χ2v) is 6.68. The summed E-state index contributed by atoms with van der Waals surface area (Å²) in [6.07, 6.45) is 0. The fourth-order valence-corrected chi connectivity index (χ4v) is 3.61. The van der Waals surface area contributed by atoms with Crippen molar-refractivity contribution in [3.05, 3.63) is 21.2 Å². The molecule has 98 valence electrons. The fourth-order valence-electron chi connectivity index (χ4n) is 1.85. The van der Waals surface area contributed by atoms with Crippen LogP contribution in [0.15, 0.2) is 11.4 Å². The molecule has 2 heterocycles. The summed E-state index contributed by atoms with van der Waals surface area (Å²) in [7, 11) is 1.71. The molecule has 1 atom stereocenters. The van der Waals surface area contributed by atoms with E-state index in [1.807, 2.05) is 11.3 Å². The molecule has 3 nitrogen and oxygen atoms in total. The maximum absolute atomic E-state index is 5.11.